The molecule has 0 aliphatic rings. The predicted molar refractivity (Wildman–Crippen MR) is 118 cm³/mol. The molecule has 0 aliphatic carbocycles. The Hall–Kier alpha value is -3.94. The van der Waals surface area contributed by atoms with Gasteiger partial charge in [-0.1, -0.05) is 12.1 Å². The molecule has 0 atom stereocenters. The number of ether oxygens (including phenoxy) is 2. The van der Waals surface area contributed by atoms with Crippen molar-refractivity contribution in [2.24, 2.45) is 0 Å². The second-order valence-corrected chi connectivity index (χ2v) is 7.02. The predicted octanol–water partition coefficient (Wildman–Crippen LogP) is 3.32. The van der Waals surface area contributed by atoms with E-state index in [1.807, 2.05) is 38.4 Å². The van der Waals surface area contributed by atoms with Crippen molar-refractivity contribution in [2.75, 3.05) is 31.4 Å². The first-order valence-electron chi connectivity index (χ1n) is 9.61. The summed E-state index contributed by atoms with van der Waals surface area (Å²) in [4.78, 5) is 34.2. The van der Waals surface area contributed by atoms with Crippen LogP contribution in [0.15, 0.2) is 54.7 Å². The minimum Gasteiger partial charge on any atom is -0.497 e. The average molecular weight is 420 g/mol. The number of benzene rings is 2. The van der Waals surface area contributed by atoms with Gasteiger partial charge in [0.15, 0.2) is 11.6 Å². The van der Waals surface area contributed by atoms with Crippen LogP contribution in [0.4, 0.5) is 11.5 Å². The number of hydrogen-bond donors (Lipinski definition) is 1. The van der Waals surface area contributed by atoms with Gasteiger partial charge in [-0.25, -0.2) is 9.97 Å². The molecule has 0 spiro atoms. The number of hydrogen-bond acceptors (Lipinski definition) is 7. The summed E-state index contributed by atoms with van der Waals surface area (Å²) in [7, 11) is 5.22. The monoisotopic (exact) mass is 420 g/mol. The zero-order valence-electron chi connectivity index (χ0n) is 17.9. The molecule has 2 aromatic carbocycles. The van der Waals surface area contributed by atoms with Crippen LogP contribution in [0, 0.1) is 0 Å². The minimum absolute atomic E-state index is 0.199. The van der Waals surface area contributed by atoms with Crippen molar-refractivity contribution in [1.82, 2.24) is 9.97 Å². The molecule has 0 unspecified atom stereocenters. The molecule has 1 N–H and O–H groups in total. The molecule has 160 valence electrons. The molecule has 1 amide bonds. The van der Waals surface area contributed by atoms with E-state index in [0.29, 0.717) is 40.8 Å². The molecule has 3 rings (SSSR count). The van der Waals surface area contributed by atoms with E-state index < -0.39 is 5.97 Å². The summed E-state index contributed by atoms with van der Waals surface area (Å²) in [5.41, 5.74) is 2.21. The van der Waals surface area contributed by atoms with Crippen LogP contribution in [0.3, 0.4) is 0 Å². The number of amides is 1. The summed E-state index contributed by atoms with van der Waals surface area (Å²) < 4.78 is 10.3. The molecule has 1 heterocycles. The lowest BCUT2D eigenvalue weighted by Crippen LogP contribution is -2.16. The lowest BCUT2D eigenvalue weighted by atomic mass is 10.1. The second-order valence-electron chi connectivity index (χ2n) is 7.02. The molecule has 8 nitrogen and oxygen atoms in total. The fraction of sp³-hybridized carbons (Fsp3) is 0.217. The van der Waals surface area contributed by atoms with Gasteiger partial charge in [0, 0.05) is 38.7 Å². The summed E-state index contributed by atoms with van der Waals surface area (Å²) in [6.07, 6.45) is 2.00. The van der Waals surface area contributed by atoms with E-state index in [0.717, 1.165) is 5.56 Å². The highest BCUT2D eigenvalue weighted by Gasteiger charge is 2.13. The first kappa shape index (κ1) is 21.8. The smallest absolute Gasteiger partial charge is 0.308 e. The lowest BCUT2D eigenvalue weighted by molar-refractivity contribution is -0.131. The van der Waals surface area contributed by atoms with Crippen LogP contribution in [0.2, 0.25) is 0 Å². The third-order valence-corrected chi connectivity index (χ3v) is 4.39. The average Bonchev–Trinajstić information content (AvgIpc) is 2.75. The van der Waals surface area contributed by atoms with Gasteiger partial charge < -0.3 is 19.7 Å². The van der Waals surface area contributed by atoms with Crippen LogP contribution in [-0.4, -0.2) is 43.0 Å². The Labute approximate surface area is 180 Å². The van der Waals surface area contributed by atoms with Gasteiger partial charge in [0.1, 0.15) is 11.6 Å². The van der Waals surface area contributed by atoms with E-state index in [1.165, 1.54) is 13.1 Å². The van der Waals surface area contributed by atoms with Crippen molar-refractivity contribution in [3.8, 4) is 11.5 Å². The van der Waals surface area contributed by atoms with Gasteiger partial charge in [0.2, 0.25) is 0 Å². The van der Waals surface area contributed by atoms with Gasteiger partial charge in [-0.2, -0.15) is 0 Å². The molecule has 1 aromatic heterocycles. The number of carbonyl (C=O) groups is 2. The maximum atomic E-state index is 12.4. The first-order valence-corrected chi connectivity index (χ1v) is 9.61. The zero-order chi connectivity index (χ0) is 22.4. The van der Waals surface area contributed by atoms with E-state index >= 15 is 0 Å². The number of nitrogens with zero attached hydrogens (tertiary/aromatic N) is 3. The molecule has 0 radical (unpaired) electrons. The molecule has 8 heteroatoms. The Morgan fingerprint density at radius 1 is 1.03 bits per heavy atom. The van der Waals surface area contributed by atoms with Gasteiger partial charge in [-0.05, 0) is 42.0 Å². The number of methoxy groups -OCH3 is 1. The summed E-state index contributed by atoms with van der Waals surface area (Å²) in [5, 5.41) is 2.87. The van der Waals surface area contributed by atoms with Gasteiger partial charge in [0.25, 0.3) is 5.91 Å². The highest BCUT2D eigenvalue weighted by molar-refractivity contribution is 6.04. The van der Waals surface area contributed by atoms with Crippen LogP contribution in [0.5, 0.6) is 11.5 Å². The van der Waals surface area contributed by atoms with Crippen molar-refractivity contribution < 1.29 is 19.1 Å². The third-order valence-electron chi connectivity index (χ3n) is 4.39. The number of aromatic nitrogens is 2. The van der Waals surface area contributed by atoms with Gasteiger partial charge >= 0.3 is 5.97 Å². The van der Waals surface area contributed by atoms with Gasteiger partial charge in [-0.3, -0.25) is 9.59 Å². The molecule has 0 saturated carbocycles. The standard InChI is InChI=1S/C23H24N4O4/c1-15(28)31-20-14-24-21(26-22(20)27(2)3)13-16-5-9-18(10-6-16)25-23(29)17-7-11-19(30-4)12-8-17/h5-12,14H,13H2,1-4H3,(H,25,29). The topological polar surface area (TPSA) is 93.7 Å². The van der Waals surface area contributed by atoms with Crippen molar-refractivity contribution in [1.29, 1.82) is 0 Å². The normalized spacial score (nSPS) is 10.3. The van der Waals surface area contributed by atoms with E-state index in [1.54, 1.807) is 36.3 Å². The van der Waals surface area contributed by atoms with Crippen LogP contribution in [0.1, 0.15) is 28.7 Å². The molecule has 0 fully saturated rings. The molecule has 0 aliphatic heterocycles. The molecular formula is C23H24N4O4. The number of anilines is 2. The SMILES string of the molecule is COc1ccc(C(=O)Nc2ccc(Cc3ncc(OC(C)=O)c(N(C)C)n3)cc2)cc1. The van der Waals surface area contributed by atoms with E-state index in [9.17, 15) is 9.59 Å². The minimum atomic E-state index is -0.424. The van der Waals surface area contributed by atoms with Crippen LogP contribution < -0.4 is 19.7 Å². The molecule has 0 bridgehead atoms. The Kier molecular flexibility index (Phi) is 6.81. The maximum absolute atomic E-state index is 12.4. The fourth-order valence-corrected chi connectivity index (χ4v) is 2.86. The van der Waals surface area contributed by atoms with Crippen molar-refractivity contribution in [3.05, 3.63) is 71.7 Å². The summed E-state index contributed by atoms with van der Waals surface area (Å²) in [5.74, 6) is 1.51. The van der Waals surface area contributed by atoms with E-state index in [4.69, 9.17) is 9.47 Å². The zero-order valence-corrected chi connectivity index (χ0v) is 17.9. The lowest BCUT2D eigenvalue weighted by Gasteiger charge is -2.16. The Morgan fingerprint density at radius 2 is 1.71 bits per heavy atom. The number of rotatable bonds is 7. The van der Waals surface area contributed by atoms with Gasteiger partial charge in [-0.15, -0.1) is 0 Å². The quantitative estimate of drug-likeness (QED) is 0.586. The van der Waals surface area contributed by atoms with Crippen LogP contribution in [-0.2, 0) is 11.2 Å². The molecule has 3 aromatic rings. The second kappa shape index (κ2) is 9.71. The van der Waals surface area contributed by atoms with Gasteiger partial charge in [0.05, 0.1) is 13.3 Å². The Morgan fingerprint density at radius 3 is 2.29 bits per heavy atom. The third kappa shape index (κ3) is 5.79. The molecule has 0 saturated heterocycles. The maximum Gasteiger partial charge on any atom is 0.308 e. The van der Waals surface area contributed by atoms with Crippen molar-refractivity contribution in [2.45, 2.75) is 13.3 Å². The molecule has 31 heavy (non-hydrogen) atoms. The largest absolute Gasteiger partial charge is 0.497 e. The summed E-state index contributed by atoms with van der Waals surface area (Å²) in [6.45, 7) is 1.34. The van der Waals surface area contributed by atoms with Crippen LogP contribution in [0.25, 0.3) is 0 Å². The van der Waals surface area contributed by atoms with Crippen LogP contribution >= 0.6 is 0 Å². The number of esters is 1. The first-order chi connectivity index (χ1) is 14.9. The summed E-state index contributed by atoms with van der Waals surface area (Å²) in [6, 6.07) is 14.4. The summed E-state index contributed by atoms with van der Waals surface area (Å²) >= 11 is 0. The Bertz CT molecular complexity index is 1060. The number of carbonyl (C=O) groups excluding carboxylic acids is 2. The fourth-order valence-electron chi connectivity index (χ4n) is 2.86. The van der Waals surface area contributed by atoms with Crippen molar-refractivity contribution in [3.63, 3.8) is 0 Å². The highest BCUT2D eigenvalue weighted by Crippen LogP contribution is 2.24. The van der Waals surface area contributed by atoms with E-state index in [-0.39, 0.29) is 5.91 Å². The number of nitrogens with one attached hydrogen (secondary N) is 1. The Balaban J connectivity index is 1.68. The van der Waals surface area contributed by atoms with Crippen molar-refractivity contribution >= 4 is 23.4 Å². The highest BCUT2D eigenvalue weighted by atomic mass is 16.5. The molecular weight excluding hydrogens is 396 g/mol. The van der Waals surface area contributed by atoms with E-state index in [2.05, 4.69) is 15.3 Å².